The molecule has 0 spiro atoms. The summed E-state index contributed by atoms with van der Waals surface area (Å²) in [7, 11) is 2.17. The van der Waals surface area contributed by atoms with Crippen LogP contribution in [0.2, 0.25) is 5.02 Å². The van der Waals surface area contributed by atoms with Gasteiger partial charge in [-0.2, -0.15) is 0 Å². The third-order valence-electron chi connectivity index (χ3n) is 4.06. The van der Waals surface area contributed by atoms with Crippen molar-refractivity contribution in [3.8, 4) is 5.75 Å². The van der Waals surface area contributed by atoms with Crippen LogP contribution in [0.25, 0.3) is 0 Å². The van der Waals surface area contributed by atoms with Crippen LogP contribution < -0.4 is 4.74 Å². The van der Waals surface area contributed by atoms with Gasteiger partial charge in [-0.05, 0) is 37.2 Å². The fourth-order valence-corrected chi connectivity index (χ4v) is 3.15. The Hall–Kier alpha value is -1.22. The van der Waals surface area contributed by atoms with Gasteiger partial charge in [0.1, 0.15) is 11.9 Å². The third-order valence-corrected chi connectivity index (χ3v) is 4.30. The first kappa shape index (κ1) is 17.1. The number of hydrogen-bond acceptors (Lipinski definition) is 2. The van der Waals surface area contributed by atoms with Gasteiger partial charge in [0.25, 0.3) is 0 Å². The summed E-state index contributed by atoms with van der Waals surface area (Å²) in [5.41, 5.74) is 1.34. The maximum atomic E-state index is 6.24. The van der Waals surface area contributed by atoms with Crippen LogP contribution in [-0.2, 0) is 0 Å². The van der Waals surface area contributed by atoms with E-state index in [4.69, 9.17) is 16.3 Å². The molecule has 1 saturated heterocycles. The molecule has 0 aliphatic carbocycles. The Balaban J connectivity index is 0.00000176. The van der Waals surface area contributed by atoms with E-state index in [1.54, 1.807) is 0 Å². The van der Waals surface area contributed by atoms with E-state index in [0.29, 0.717) is 5.92 Å². The minimum atomic E-state index is 0. The van der Waals surface area contributed by atoms with Crippen LogP contribution in [0.5, 0.6) is 5.75 Å². The van der Waals surface area contributed by atoms with E-state index in [-0.39, 0.29) is 18.5 Å². The molecule has 2 nitrogen and oxygen atoms in total. The van der Waals surface area contributed by atoms with Crippen LogP contribution in [0.1, 0.15) is 17.9 Å². The molecule has 2 unspecified atom stereocenters. The largest absolute Gasteiger partial charge is 0.490 e. The number of nitrogens with zero attached hydrogens (tertiary/aromatic N) is 1. The van der Waals surface area contributed by atoms with Gasteiger partial charge in [-0.3, -0.25) is 0 Å². The lowest BCUT2D eigenvalue weighted by Gasteiger charge is -2.37. The summed E-state index contributed by atoms with van der Waals surface area (Å²) in [6, 6.07) is 18.3. The number of ether oxygens (including phenoxy) is 1. The van der Waals surface area contributed by atoms with Crippen LogP contribution in [-0.4, -0.2) is 31.1 Å². The SMILES string of the molecule is CN1CCC(Oc2cccc(Cl)c2)C(c2ccccc2)C1.Cl. The highest BCUT2D eigenvalue weighted by Crippen LogP contribution is 2.31. The monoisotopic (exact) mass is 337 g/mol. The molecule has 2 aromatic carbocycles. The van der Waals surface area contributed by atoms with Crippen LogP contribution in [0.15, 0.2) is 54.6 Å². The molecule has 0 N–H and O–H groups in total. The lowest BCUT2D eigenvalue weighted by Crippen LogP contribution is -2.42. The van der Waals surface area contributed by atoms with Crippen molar-refractivity contribution in [2.75, 3.05) is 20.1 Å². The zero-order chi connectivity index (χ0) is 14.7. The summed E-state index contributed by atoms with van der Waals surface area (Å²) >= 11 is 6.05. The van der Waals surface area contributed by atoms with E-state index in [0.717, 1.165) is 30.3 Å². The fourth-order valence-electron chi connectivity index (χ4n) is 2.97. The smallest absolute Gasteiger partial charge is 0.121 e. The van der Waals surface area contributed by atoms with Gasteiger partial charge in [0.2, 0.25) is 0 Å². The number of rotatable bonds is 3. The fraction of sp³-hybridized carbons (Fsp3) is 0.333. The molecule has 3 rings (SSSR count). The minimum Gasteiger partial charge on any atom is -0.490 e. The van der Waals surface area contributed by atoms with E-state index in [2.05, 4.69) is 42.3 Å². The van der Waals surface area contributed by atoms with Crippen LogP contribution in [0, 0.1) is 0 Å². The summed E-state index contributed by atoms with van der Waals surface area (Å²) in [5.74, 6) is 1.25. The Morgan fingerprint density at radius 1 is 1.09 bits per heavy atom. The number of likely N-dealkylation sites (tertiary alicyclic amines) is 1. The summed E-state index contributed by atoms with van der Waals surface area (Å²) < 4.78 is 6.24. The van der Waals surface area contributed by atoms with Crippen molar-refractivity contribution in [1.29, 1.82) is 0 Å². The first-order chi connectivity index (χ1) is 10.2. The second-order valence-electron chi connectivity index (χ2n) is 5.68. The molecule has 1 fully saturated rings. The third kappa shape index (κ3) is 4.16. The van der Waals surface area contributed by atoms with Gasteiger partial charge in [0, 0.05) is 24.0 Å². The molecule has 0 amide bonds. The normalized spacial score (nSPS) is 21.9. The summed E-state index contributed by atoms with van der Waals surface area (Å²) in [6.45, 7) is 2.09. The molecular weight excluding hydrogens is 317 g/mol. The van der Waals surface area contributed by atoms with E-state index in [9.17, 15) is 0 Å². The maximum Gasteiger partial charge on any atom is 0.121 e. The Kier molecular flexibility index (Phi) is 6.13. The van der Waals surface area contributed by atoms with Crippen LogP contribution in [0.3, 0.4) is 0 Å². The number of hydrogen-bond donors (Lipinski definition) is 0. The number of likely N-dealkylation sites (N-methyl/N-ethyl adjacent to an activating group) is 1. The van der Waals surface area contributed by atoms with Crippen molar-refractivity contribution < 1.29 is 4.74 Å². The first-order valence-electron chi connectivity index (χ1n) is 7.38. The van der Waals surface area contributed by atoms with Crippen molar-refractivity contribution in [3.63, 3.8) is 0 Å². The number of benzene rings is 2. The van der Waals surface area contributed by atoms with Gasteiger partial charge >= 0.3 is 0 Å². The van der Waals surface area contributed by atoms with Crippen molar-refractivity contribution in [1.82, 2.24) is 4.90 Å². The van der Waals surface area contributed by atoms with Gasteiger partial charge in [-0.25, -0.2) is 0 Å². The molecule has 4 heteroatoms. The molecule has 1 aliphatic heterocycles. The second-order valence-corrected chi connectivity index (χ2v) is 6.12. The lowest BCUT2D eigenvalue weighted by atomic mass is 9.88. The Morgan fingerprint density at radius 2 is 1.86 bits per heavy atom. The number of piperidine rings is 1. The van der Waals surface area contributed by atoms with Crippen molar-refractivity contribution in [2.24, 2.45) is 0 Å². The molecule has 0 bridgehead atoms. The van der Waals surface area contributed by atoms with E-state index in [1.807, 2.05) is 24.3 Å². The summed E-state index contributed by atoms with van der Waals surface area (Å²) in [5, 5.41) is 0.719. The first-order valence-corrected chi connectivity index (χ1v) is 7.76. The molecule has 1 aliphatic rings. The average molecular weight is 338 g/mol. The highest BCUT2D eigenvalue weighted by atomic mass is 35.5. The summed E-state index contributed by atoms with van der Waals surface area (Å²) in [4.78, 5) is 2.37. The average Bonchev–Trinajstić information content (AvgIpc) is 2.50. The van der Waals surface area contributed by atoms with Gasteiger partial charge in [0.05, 0.1) is 0 Å². The lowest BCUT2D eigenvalue weighted by molar-refractivity contribution is 0.0902. The predicted molar refractivity (Wildman–Crippen MR) is 94.4 cm³/mol. The highest BCUT2D eigenvalue weighted by molar-refractivity contribution is 6.30. The molecule has 22 heavy (non-hydrogen) atoms. The number of halogens is 2. The Bertz CT molecular complexity index is 591. The Labute approximate surface area is 143 Å². The van der Waals surface area contributed by atoms with Crippen molar-refractivity contribution >= 4 is 24.0 Å². The molecule has 2 aromatic rings. The standard InChI is InChI=1S/C18H20ClNO.ClH/c1-20-11-10-18(21-16-9-5-8-15(19)12-16)17(13-20)14-6-3-2-4-7-14;/h2-9,12,17-18H,10-11,13H2,1H3;1H. The van der Waals surface area contributed by atoms with Gasteiger partial charge < -0.3 is 9.64 Å². The second kappa shape index (κ2) is 7.87. The molecule has 0 saturated carbocycles. The van der Waals surface area contributed by atoms with Gasteiger partial charge in [-0.1, -0.05) is 48.0 Å². The summed E-state index contributed by atoms with van der Waals surface area (Å²) in [6.07, 6.45) is 1.23. The molecule has 2 atom stereocenters. The molecule has 0 aromatic heterocycles. The zero-order valence-electron chi connectivity index (χ0n) is 12.6. The van der Waals surface area contributed by atoms with Crippen LogP contribution in [0.4, 0.5) is 0 Å². The predicted octanol–water partition coefficient (Wildman–Crippen LogP) is 4.63. The van der Waals surface area contributed by atoms with E-state index >= 15 is 0 Å². The Morgan fingerprint density at radius 3 is 2.59 bits per heavy atom. The molecule has 118 valence electrons. The quantitative estimate of drug-likeness (QED) is 0.809. The topological polar surface area (TPSA) is 12.5 Å². The minimum absolute atomic E-state index is 0. The van der Waals surface area contributed by atoms with E-state index in [1.165, 1.54) is 5.56 Å². The van der Waals surface area contributed by atoms with Gasteiger partial charge in [0.15, 0.2) is 0 Å². The maximum absolute atomic E-state index is 6.24. The van der Waals surface area contributed by atoms with Gasteiger partial charge in [-0.15, -0.1) is 12.4 Å². The zero-order valence-corrected chi connectivity index (χ0v) is 14.2. The molecule has 1 heterocycles. The molecular formula is C18H21Cl2NO. The van der Waals surface area contributed by atoms with E-state index < -0.39 is 0 Å². The van der Waals surface area contributed by atoms with Crippen LogP contribution >= 0.6 is 24.0 Å². The van der Waals surface area contributed by atoms with Crippen molar-refractivity contribution in [2.45, 2.75) is 18.4 Å². The molecule has 0 radical (unpaired) electrons. The van der Waals surface area contributed by atoms with Crippen molar-refractivity contribution in [3.05, 3.63) is 65.2 Å². The highest BCUT2D eigenvalue weighted by Gasteiger charge is 2.30.